The van der Waals surface area contributed by atoms with E-state index in [1.54, 1.807) is 6.07 Å². The topological polar surface area (TPSA) is 12.0 Å². The lowest BCUT2D eigenvalue weighted by atomic mass is 9.79. The van der Waals surface area contributed by atoms with Crippen LogP contribution in [0.5, 0.6) is 0 Å². The number of benzene rings is 1. The number of fused-ring (bicyclic) bond motifs is 1. The SMILES string of the molecule is Fc1cccc2c1NC(C1CCC1)C2. The fourth-order valence-corrected chi connectivity index (χ4v) is 2.50. The predicted molar refractivity (Wildman–Crippen MR) is 54.9 cm³/mol. The van der Waals surface area contributed by atoms with Crippen molar-refractivity contribution in [2.45, 2.75) is 31.7 Å². The normalized spacial score (nSPS) is 25.4. The first-order chi connectivity index (χ1) is 6.84. The molecule has 3 rings (SSSR count). The van der Waals surface area contributed by atoms with Crippen LogP contribution in [0, 0.1) is 11.7 Å². The van der Waals surface area contributed by atoms with E-state index in [0.29, 0.717) is 6.04 Å². The molecule has 0 amide bonds. The van der Waals surface area contributed by atoms with Gasteiger partial charge in [0.05, 0.1) is 5.69 Å². The van der Waals surface area contributed by atoms with Crippen molar-refractivity contribution in [2.24, 2.45) is 5.92 Å². The summed E-state index contributed by atoms with van der Waals surface area (Å²) in [7, 11) is 0. The molecule has 1 saturated carbocycles. The number of hydrogen-bond acceptors (Lipinski definition) is 1. The first kappa shape index (κ1) is 8.27. The molecule has 0 saturated heterocycles. The molecule has 1 nitrogen and oxygen atoms in total. The first-order valence-corrected chi connectivity index (χ1v) is 5.38. The third-order valence-electron chi connectivity index (χ3n) is 3.59. The molecule has 0 spiro atoms. The molecule has 0 bridgehead atoms. The molecule has 0 radical (unpaired) electrons. The molecule has 1 aliphatic carbocycles. The maximum absolute atomic E-state index is 13.4. The van der Waals surface area contributed by atoms with Gasteiger partial charge in [0, 0.05) is 6.04 Å². The van der Waals surface area contributed by atoms with E-state index in [1.807, 2.05) is 6.07 Å². The zero-order chi connectivity index (χ0) is 9.54. The first-order valence-electron chi connectivity index (χ1n) is 5.38. The smallest absolute Gasteiger partial charge is 0.146 e. The van der Waals surface area contributed by atoms with Crippen molar-refractivity contribution in [2.75, 3.05) is 5.32 Å². The van der Waals surface area contributed by atoms with E-state index >= 15 is 0 Å². The maximum atomic E-state index is 13.4. The van der Waals surface area contributed by atoms with Crippen LogP contribution in [-0.2, 0) is 6.42 Å². The second-order valence-corrected chi connectivity index (χ2v) is 4.42. The van der Waals surface area contributed by atoms with Crippen molar-refractivity contribution in [1.82, 2.24) is 0 Å². The molecule has 1 atom stereocenters. The maximum Gasteiger partial charge on any atom is 0.146 e. The Bertz CT molecular complexity index is 357. The fourth-order valence-electron chi connectivity index (χ4n) is 2.50. The van der Waals surface area contributed by atoms with Crippen LogP contribution in [0.25, 0.3) is 0 Å². The van der Waals surface area contributed by atoms with Gasteiger partial charge in [-0.25, -0.2) is 4.39 Å². The summed E-state index contributed by atoms with van der Waals surface area (Å²) in [5.74, 6) is 0.686. The summed E-state index contributed by atoms with van der Waals surface area (Å²) in [6, 6.07) is 5.87. The Labute approximate surface area is 83.3 Å². The van der Waals surface area contributed by atoms with Crippen molar-refractivity contribution in [3.8, 4) is 0 Å². The van der Waals surface area contributed by atoms with Gasteiger partial charge in [-0.05, 0) is 36.8 Å². The highest BCUT2D eigenvalue weighted by atomic mass is 19.1. The molecule has 1 aromatic rings. The van der Waals surface area contributed by atoms with E-state index in [4.69, 9.17) is 0 Å². The van der Waals surface area contributed by atoms with Crippen LogP contribution in [0.4, 0.5) is 10.1 Å². The number of anilines is 1. The van der Waals surface area contributed by atoms with Gasteiger partial charge < -0.3 is 5.32 Å². The molecule has 1 aliphatic heterocycles. The Morgan fingerprint density at radius 2 is 2.14 bits per heavy atom. The largest absolute Gasteiger partial charge is 0.379 e. The van der Waals surface area contributed by atoms with Gasteiger partial charge in [-0.1, -0.05) is 18.6 Å². The van der Waals surface area contributed by atoms with Crippen LogP contribution in [0.15, 0.2) is 18.2 Å². The quantitative estimate of drug-likeness (QED) is 0.719. The highest BCUT2D eigenvalue weighted by Crippen LogP contribution is 2.38. The van der Waals surface area contributed by atoms with E-state index in [1.165, 1.54) is 25.3 Å². The highest BCUT2D eigenvalue weighted by molar-refractivity contribution is 5.58. The minimum atomic E-state index is -0.0932. The average molecular weight is 191 g/mol. The molecule has 0 aromatic heterocycles. The van der Waals surface area contributed by atoms with Crippen molar-refractivity contribution in [3.05, 3.63) is 29.6 Å². The molecule has 14 heavy (non-hydrogen) atoms. The number of hydrogen-bond donors (Lipinski definition) is 1. The van der Waals surface area contributed by atoms with Crippen molar-refractivity contribution < 1.29 is 4.39 Å². The van der Waals surface area contributed by atoms with Crippen molar-refractivity contribution in [3.63, 3.8) is 0 Å². The standard InChI is InChI=1S/C12H14FN/c13-10-6-2-5-9-7-11(14-12(9)10)8-3-1-4-8/h2,5-6,8,11,14H,1,3-4,7H2. The highest BCUT2D eigenvalue weighted by Gasteiger charge is 2.32. The summed E-state index contributed by atoms with van der Waals surface area (Å²) in [4.78, 5) is 0. The third kappa shape index (κ3) is 1.13. The van der Waals surface area contributed by atoms with E-state index in [0.717, 1.165) is 23.6 Å². The molecule has 74 valence electrons. The average Bonchev–Trinajstić information content (AvgIpc) is 2.46. The van der Waals surface area contributed by atoms with Crippen LogP contribution in [0.2, 0.25) is 0 Å². The van der Waals surface area contributed by atoms with Gasteiger partial charge in [0.1, 0.15) is 5.82 Å². The summed E-state index contributed by atoms with van der Waals surface area (Å²) in [5, 5.41) is 3.33. The molecule has 2 aliphatic rings. The number of halogens is 1. The van der Waals surface area contributed by atoms with Gasteiger partial charge in [0.15, 0.2) is 0 Å². The monoisotopic (exact) mass is 191 g/mol. The Hall–Kier alpha value is -1.05. The number of rotatable bonds is 1. The van der Waals surface area contributed by atoms with E-state index in [-0.39, 0.29) is 5.82 Å². The third-order valence-corrected chi connectivity index (χ3v) is 3.59. The molecule has 2 heteroatoms. The molecule has 1 unspecified atom stereocenters. The number of nitrogens with one attached hydrogen (secondary N) is 1. The second kappa shape index (κ2) is 2.97. The Morgan fingerprint density at radius 3 is 2.79 bits per heavy atom. The molecular weight excluding hydrogens is 177 g/mol. The van der Waals surface area contributed by atoms with Gasteiger partial charge in [0.2, 0.25) is 0 Å². The zero-order valence-corrected chi connectivity index (χ0v) is 8.09. The minimum absolute atomic E-state index is 0.0932. The van der Waals surface area contributed by atoms with E-state index < -0.39 is 0 Å². The van der Waals surface area contributed by atoms with Crippen molar-refractivity contribution in [1.29, 1.82) is 0 Å². The summed E-state index contributed by atoms with van der Waals surface area (Å²) in [6.07, 6.45) is 4.99. The van der Waals surface area contributed by atoms with Crippen LogP contribution >= 0.6 is 0 Å². The van der Waals surface area contributed by atoms with Crippen LogP contribution in [0.3, 0.4) is 0 Å². The summed E-state index contributed by atoms with van der Waals surface area (Å²) >= 11 is 0. The lowest BCUT2D eigenvalue weighted by Crippen LogP contribution is -2.31. The Balaban J connectivity index is 1.86. The van der Waals surface area contributed by atoms with Gasteiger partial charge in [-0.3, -0.25) is 0 Å². The lowest BCUT2D eigenvalue weighted by Gasteiger charge is -2.31. The summed E-state index contributed by atoms with van der Waals surface area (Å²) in [6.45, 7) is 0. The Morgan fingerprint density at radius 1 is 1.29 bits per heavy atom. The molecule has 1 fully saturated rings. The fraction of sp³-hybridized carbons (Fsp3) is 0.500. The van der Waals surface area contributed by atoms with E-state index in [2.05, 4.69) is 5.32 Å². The van der Waals surface area contributed by atoms with Gasteiger partial charge in [-0.2, -0.15) is 0 Å². The summed E-state index contributed by atoms with van der Waals surface area (Å²) in [5.41, 5.74) is 1.91. The minimum Gasteiger partial charge on any atom is -0.379 e. The van der Waals surface area contributed by atoms with Crippen LogP contribution < -0.4 is 5.32 Å². The predicted octanol–water partition coefficient (Wildman–Crippen LogP) is 2.96. The molecule has 1 N–H and O–H groups in total. The van der Waals surface area contributed by atoms with Gasteiger partial charge >= 0.3 is 0 Å². The zero-order valence-electron chi connectivity index (χ0n) is 8.09. The van der Waals surface area contributed by atoms with Gasteiger partial charge in [0.25, 0.3) is 0 Å². The number of para-hydroxylation sites is 1. The molecular formula is C12H14FN. The molecule has 1 aromatic carbocycles. The molecule has 1 heterocycles. The van der Waals surface area contributed by atoms with Crippen LogP contribution in [0.1, 0.15) is 24.8 Å². The Kier molecular flexibility index (Phi) is 1.76. The van der Waals surface area contributed by atoms with Crippen LogP contribution in [-0.4, -0.2) is 6.04 Å². The lowest BCUT2D eigenvalue weighted by molar-refractivity contribution is 0.278. The van der Waals surface area contributed by atoms with Crippen molar-refractivity contribution >= 4 is 5.69 Å². The van der Waals surface area contributed by atoms with E-state index in [9.17, 15) is 4.39 Å². The summed E-state index contributed by atoms with van der Waals surface area (Å²) < 4.78 is 13.4. The second-order valence-electron chi connectivity index (χ2n) is 4.42. The van der Waals surface area contributed by atoms with Gasteiger partial charge in [-0.15, -0.1) is 0 Å².